The molecule has 1 N–H and O–H groups in total. The molecule has 0 atom stereocenters. The van der Waals surface area contributed by atoms with Crippen LogP contribution in [0, 0.1) is 17.0 Å². The molecule has 0 spiro atoms. The van der Waals surface area contributed by atoms with Gasteiger partial charge in [0.15, 0.2) is 11.6 Å². The lowest BCUT2D eigenvalue weighted by atomic mass is 10.1. The van der Waals surface area contributed by atoms with E-state index in [-0.39, 0.29) is 5.69 Å². The summed E-state index contributed by atoms with van der Waals surface area (Å²) in [4.78, 5) is 14.8. The maximum absolute atomic E-state index is 10.8. The number of hydrogen-bond acceptors (Lipinski definition) is 4. The minimum atomic E-state index is -0.433. The van der Waals surface area contributed by atoms with Gasteiger partial charge in [0, 0.05) is 23.3 Å². The Kier molecular flexibility index (Phi) is 3.19. The van der Waals surface area contributed by atoms with Crippen LogP contribution >= 0.6 is 0 Å². The van der Waals surface area contributed by atoms with Crippen molar-refractivity contribution in [3.05, 3.63) is 64.2 Å². The predicted octanol–water partition coefficient (Wildman–Crippen LogP) is 3.36. The number of nitrogens with one attached hydrogen (secondary N) is 1. The van der Waals surface area contributed by atoms with E-state index in [1.165, 1.54) is 12.1 Å². The molecule has 0 aliphatic rings. The van der Waals surface area contributed by atoms with Gasteiger partial charge >= 0.3 is 0 Å². The minimum Gasteiger partial charge on any atom is -0.259 e. The van der Waals surface area contributed by atoms with Crippen molar-refractivity contribution in [3.8, 4) is 22.8 Å². The van der Waals surface area contributed by atoms with Crippen molar-refractivity contribution < 1.29 is 4.92 Å². The van der Waals surface area contributed by atoms with Crippen LogP contribution in [0.1, 0.15) is 5.56 Å². The van der Waals surface area contributed by atoms with Crippen LogP contribution in [0.3, 0.4) is 0 Å². The first kappa shape index (κ1) is 13.0. The molecule has 1 heterocycles. The summed E-state index contributed by atoms with van der Waals surface area (Å²) >= 11 is 0. The second-order valence-corrected chi connectivity index (χ2v) is 4.68. The van der Waals surface area contributed by atoms with E-state index in [2.05, 4.69) is 15.2 Å². The molecule has 21 heavy (non-hydrogen) atoms. The Bertz CT molecular complexity index is 811. The third-order valence-corrected chi connectivity index (χ3v) is 3.09. The quantitative estimate of drug-likeness (QED) is 0.589. The minimum absolute atomic E-state index is 0.0226. The Balaban J connectivity index is 1.98. The first-order chi connectivity index (χ1) is 10.1. The Morgan fingerprint density at radius 1 is 1.10 bits per heavy atom. The Labute approximate surface area is 120 Å². The molecule has 0 saturated carbocycles. The maximum Gasteiger partial charge on any atom is 0.270 e. The molecule has 2 aromatic carbocycles. The molecule has 3 rings (SSSR count). The van der Waals surface area contributed by atoms with Gasteiger partial charge in [-0.1, -0.05) is 35.9 Å². The predicted molar refractivity (Wildman–Crippen MR) is 78.6 cm³/mol. The van der Waals surface area contributed by atoms with Crippen molar-refractivity contribution >= 4 is 5.69 Å². The summed E-state index contributed by atoms with van der Waals surface area (Å²) in [6, 6.07) is 14.2. The van der Waals surface area contributed by atoms with Gasteiger partial charge in [0.05, 0.1) is 4.92 Å². The summed E-state index contributed by atoms with van der Waals surface area (Å²) in [7, 11) is 0. The first-order valence-electron chi connectivity index (χ1n) is 6.38. The van der Waals surface area contributed by atoms with Crippen LogP contribution in [0.25, 0.3) is 22.8 Å². The van der Waals surface area contributed by atoms with E-state index >= 15 is 0 Å². The standard InChI is InChI=1S/C15H12N4O2/c1-10-4-2-5-11(8-10)14-16-15(18-17-14)12-6-3-7-13(9-12)19(20)21/h2-9H,1H3,(H,16,17,18). The van der Waals surface area contributed by atoms with E-state index in [4.69, 9.17) is 0 Å². The Morgan fingerprint density at radius 3 is 2.62 bits per heavy atom. The van der Waals surface area contributed by atoms with Crippen molar-refractivity contribution in [1.82, 2.24) is 15.2 Å². The average molecular weight is 280 g/mol. The Hall–Kier alpha value is -3.02. The Morgan fingerprint density at radius 2 is 1.86 bits per heavy atom. The summed E-state index contributed by atoms with van der Waals surface area (Å²) in [5.41, 5.74) is 2.69. The van der Waals surface area contributed by atoms with E-state index in [0.29, 0.717) is 17.2 Å². The lowest BCUT2D eigenvalue weighted by Gasteiger charge is -1.97. The molecule has 3 aromatic rings. The number of aromatic nitrogens is 3. The molecule has 0 aliphatic heterocycles. The molecule has 104 valence electrons. The highest BCUT2D eigenvalue weighted by atomic mass is 16.6. The van der Waals surface area contributed by atoms with E-state index < -0.39 is 4.92 Å². The van der Waals surface area contributed by atoms with E-state index in [1.54, 1.807) is 12.1 Å². The molecule has 6 heteroatoms. The van der Waals surface area contributed by atoms with Crippen molar-refractivity contribution in [1.29, 1.82) is 0 Å². The van der Waals surface area contributed by atoms with Crippen molar-refractivity contribution in [2.75, 3.05) is 0 Å². The number of nitrogens with zero attached hydrogens (tertiary/aromatic N) is 3. The van der Waals surface area contributed by atoms with Crippen LogP contribution in [0.4, 0.5) is 5.69 Å². The topological polar surface area (TPSA) is 84.7 Å². The van der Waals surface area contributed by atoms with E-state index in [1.807, 2.05) is 31.2 Å². The number of aryl methyl sites for hydroxylation is 1. The van der Waals surface area contributed by atoms with Gasteiger partial charge in [0.2, 0.25) is 0 Å². The summed E-state index contributed by atoms with van der Waals surface area (Å²) in [5.74, 6) is 1.08. The highest BCUT2D eigenvalue weighted by molar-refractivity contribution is 5.63. The fraction of sp³-hybridized carbons (Fsp3) is 0.0667. The molecule has 0 bridgehead atoms. The number of non-ortho nitro benzene ring substituents is 1. The zero-order valence-electron chi connectivity index (χ0n) is 11.3. The molecule has 0 unspecified atom stereocenters. The number of nitro benzene ring substituents is 1. The smallest absolute Gasteiger partial charge is 0.259 e. The SMILES string of the molecule is Cc1cccc(-c2nc(-c3cccc([N+](=O)[O-])c3)n[nH]2)c1. The summed E-state index contributed by atoms with van der Waals surface area (Å²) in [6.07, 6.45) is 0. The van der Waals surface area contributed by atoms with Crippen LogP contribution in [0.2, 0.25) is 0 Å². The first-order valence-corrected chi connectivity index (χ1v) is 6.38. The number of hydrogen-bond donors (Lipinski definition) is 1. The van der Waals surface area contributed by atoms with Gasteiger partial charge in [-0.05, 0) is 13.0 Å². The molecule has 0 aliphatic carbocycles. The molecular formula is C15H12N4O2. The third-order valence-electron chi connectivity index (χ3n) is 3.09. The van der Waals surface area contributed by atoms with Gasteiger partial charge in [-0.2, -0.15) is 5.10 Å². The second kappa shape index (κ2) is 5.16. The van der Waals surface area contributed by atoms with Crippen molar-refractivity contribution in [2.45, 2.75) is 6.92 Å². The molecule has 6 nitrogen and oxygen atoms in total. The zero-order valence-corrected chi connectivity index (χ0v) is 11.3. The number of benzene rings is 2. The van der Waals surface area contributed by atoms with Gasteiger partial charge in [0.25, 0.3) is 5.69 Å². The van der Waals surface area contributed by atoms with Crippen LogP contribution in [-0.4, -0.2) is 20.1 Å². The van der Waals surface area contributed by atoms with Gasteiger partial charge < -0.3 is 0 Å². The van der Waals surface area contributed by atoms with E-state index in [9.17, 15) is 10.1 Å². The molecule has 0 amide bonds. The van der Waals surface area contributed by atoms with Gasteiger partial charge in [-0.25, -0.2) is 4.98 Å². The maximum atomic E-state index is 10.8. The molecule has 0 saturated heterocycles. The van der Waals surface area contributed by atoms with Crippen molar-refractivity contribution in [2.24, 2.45) is 0 Å². The number of rotatable bonds is 3. The number of H-pyrrole nitrogens is 1. The monoisotopic (exact) mass is 280 g/mol. The summed E-state index contributed by atoms with van der Waals surface area (Å²) in [6.45, 7) is 2.00. The lowest BCUT2D eigenvalue weighted by Crippen LogP contribution is -1.88. The summed E-state index contributed by atoms with van der Waals surface area (Å²) < 4.78 is 0. The fourth-order valence-electron chi connectivity index (χ4n) is 2.07. The van der Waals surface area contributed by atoms with Gasteiger partial charge in [-0.3, -0.25) is 15.2 Å². The molecule has 1 aromatic heterocycles. The number of nitro groups is 1. The molecule has 0 fully saturated rings. The highest BCUT2D eigenvalue weighted by Crippen LogP contribution is 2.23. The molecular weight excluding hydrogens is 268 g/mol. The molecule has 0 radical (unpaired) electrons. The van der Waals surface area contributed by atoms with Crippen LogP contribution < -0.4 is 0 Å². The largest absolute Gasteiger partial charge is 0.270 e. The normalized spacial score (nSPS) is 10.5. The van der Waals surface area contributed by atoms with Gasteiger partial charge in [0.1, 0.15) is 0 Å². The van der Waals surface area contributed by atoms with Crippen molar-refractivity contribution in [3.63, 3.8) is 0 Å². The third kappa shape index (κ3) is 2.64. The van der Waals surface area contributed by atoms with Gasteiger partial charge in [-0.15, -0.1) is 0 Å². The summed E-state index contributed by atoms with van der Waals surface area (Å²) in [5, 5.41) is 17.8. The van der Waals surface area contributed by atoms with E-state index in [0.717, 1.165) is 11.1 Å². The van der Waals surface area contributed by atoms with Crippen LogP contribution in [-0.2, 0) is 0 Å². The average Bonchev–Trinajstić information content (AvgIpc) is 2.97. The van der Waals surface area contributed by atoms with Crippen LogP contribution in [0.15, 0.2) is 48.5 Å². The zero-order chi connectivity index (χ0) is 14.8. The lowest BCUT2D eigenvalue weighted by molar-refractivity contribution is -0.384. The number of aromatic amines is 1. The second-order valence-electron chi connectivity index (χ2n) is 4.68. The fourth-order valence-corrected chi connectivity index (χ4v) is 2.07. The highest BCUT2D eigenvalue weighted by Gasteiger charge is 2.11. The van der Waals surface area contributed by atoms with Crippen LogP contribution in [0.5, 0.6) is 0 Å².